The molecule has 0 heterocycles. The average Bonchev–Trinajstić information content (AvgIpc) is 2.08. The van der Waals surface area contributed by atoms with Crippen molar-refractivity contribution in [3.05, 3.63) is 6.61 Å². The van der Waals surface area contributed by atoms with Gasteiger partial charge in [0.2, 0.25) is 0 Å². The van der Waals surface area contributed by atoms with Crippen LogP contribution in [0, 0.1) is 6.61 Å². The first-order valence-electron chi connectivity index (χ1n) is 4.24. The highest BCUT2D eigenvalue weighted by molar-refractivity contribution is 4.61. The maximum atomic E-state index is 11.5. The van der Waals surface area contributed by atoms with Gasteiger partial charge in [-0.25, -0.2) is 0 Å². The maximum absolute atomic E-state index is 11.5. The summed E-state index contributed by atoms with van der Waals surface area (Å²) in [5, 5.41) is 0. The summed E-state index contributed by atoms with van der Waals surface area (Å²) in [5.74, 6) is 0. The van der Waals surface area contributed by atoms with Gasteiger partial charge in [-0.05, 0) is 6.92 Å². The number of hydrogen-bond donors (Lipinski definition) is 0. The molecule has 6 heteroatoms. The maximum Gasteiger partial charge on any atom is 0.417 e. The molecule has 0 aliphatic carbocycles. The second-order valence-corrected chi connectivity index (χ2v) is 2.34. The molecule has 0 N–H and O–H groups in total. The minimum absolute atomic E-state index is 0.106. The molecule has 0 aromatic heterocycles. The van der Waals surface area contributed by atoms with Crippen molar-refractivity contribution in [2.45, 2.75) is 13.1 Å². The molecule has 0 atom stereocenters. The lowest BCUT2D eigenvalue weighted by Crippen LogP contribution is -2.14. The zero-order valence-electron chi connectivity index (χ0n) is 7.97. The van der Waals surface area contributed by atoms with Crippen LogP contribution in [-0.4, -0.2) is 39.2 Å². The van der Waals surface area contributed by atoms with Crippen LogP contribution in [0.5, 0.6) is 0 Å². The highest BCUT2D eigenvalue weighted by atomic mass is 19.4. The van der Waals surface area contributed by atoms with Gasteiger partial charge in [-0.15, -0.1) is 0 Å². The molecule has 0 saturated heterocycles. The van der Waals surface area contributed by atoms with Gasteiger partial charge in [-0.1, -0.05) is 0 Å². The summed E-state index contributed by atoms with van der Waals surface area (Å²) < 4.78 is 48.5. The van der Waals surface area contributed by atoms with Gasteiger partial charge < -0.3 is 14.2 Å². The largest absolute Gasteiger partial charge is 0.417 e. The Morgan fingerprint density at radius 2 is 1.57 bits per heavy atom. The van der Waals surface area contributed by atoms with E-state index in [0.29, 0.717) is 19.8 Å². The molecular weight excluding hydrogens is 201 g/mol. The van der Waals surface area contributed by atoms with Crippen molar-refractivity contribution in [2.24, 2.45) is 0 Å². The standard InChI is InChI=1S/C8H14F3O3/c1-2-12-3-4-13-5-6-14-7-8(9,10)11/h7H,2-6H2,1H3. The second-order valence-electron chi connectivity index (χ2n) is 2.34. The van der Waals surface area contributed by atoms with Crippen LogP contribution in [0.25, 0.3) is 0 Å². The van der Waals surface area contributed by atoms with E-state index < -0.39 is 6.18 Å². The lowest BCUT2D eigenvalue weighted by atomic mass is 10.7. The predicted molar refractivity (Wildman–Crippen MR) is 43.6 cm³/mol. The van der Waals surface area contributed by atoms with Gasteiger partial charge >= 0.3 is 6.18 Å². The van der Waals surface area contributed by atoms with Gasteiger partial charge in [0.1, 0.15) is 0 Å². The van der Waals surface area contributed by atoms with Gasteiger partial charge in [-0.2, -0.15) is 13.2 Å². The zero-order valence-corrected chi connectivity index (χ0v) is 7.97. The number of ether oxygens (including phenoxy) is 3. The Hall–Kier alpha value is -0.330. The predicted octanol–water partition coefficient (Wildman–Crippen LogP) is 1.78. The fourth-order valence-corrected chi connectivity index (χ4v) is 0.625. The molecule has 14 heavy (non-hydrogen) atoms. The highest BCUT2D eigenvalue weighted by Gasteiger charge is 2.28. The van der Waals surface area contributed by atoms with E-state index in [1.165, 1.54) is 0 Å². The first-order valence-corrected chi connectivity index (χ1v) is 4.24. The second kappa shape index (κ2) is 8.02. The van der Waals surface area contributed by atoms with Crippen molar-refractivity contribution in [3.63, 3.8) is 0 Å². The molecule has 0 spiro atoms. The lowest BCUT2D eigenvalue weighted by Gasteiger charge is -2.07. The van der Waals surface area contributed by atoms with Crippen LogP contribution in [0.1, 0.15) is 6.92 Å². The van der Waals surface area contributed by atoms with Crippen LogP contribution >= 0.6 is 0 Å². The lowest BCUT2D eigenvalue weighted by molar-refractivity contribution is -0.140. The van der Waals surface area contributed by atoms with Gasteiger partial charge in [0.15, 0.2) is 6.61 Å². The topological polar surface area (TPSA) is 27.7 Å². The molecule has 0 aliphatic heterocycles. The van der Waals surface area contributed by atoms with E-state index in [-0.39, 0.29) is 19.8 Å². The van der Waals surface area contributed by atoms with Gasteiger partial charge in [-0.3, -0.25) is 0 Å². The van der Waals surface area contributed by atoms with E-state index in [4.69, 9.17) is 9.47 Å². The third-order valence-corrected chi connectivity index (χ3v) is 1.14. The van der Waals surface area contributed by atoms with Crippen LogP contribution in [0.4, 0.5) is 13.2 Å². The summed E-state index contributed by atoms with van der Waals surface area (Å²) in [6, 6.07) is 0. The van der Waals surface area contributed by atoms with Crippen molar-refractivity contribution >= 4 is 0 Å². The molecule has 1 radical (unpaired) electrons. The van der Waals surface area contributed by atoms with E-state index >= 15 is 0 Å². The van der Waals surface area contributed by atoms with Crippen molar-refractivity contribution < 1.29 is 27.4 Å². The molecule has 0 aromatic carbocycles. The third-order valence-electron chi connectivity index (χ3n) is 1.14. The van der Waals surface area contributed by atoms with E-state index in [0.717, 1.165) is 0 Å². The molecule has 0 rings (SSSR count). The summed E-state index contributed by atoms with van der Waals surface area (Å²) >= 11 is 0. The highest BCUT2D eigenvalue weighted by Crippen LogP contribution is 2.18. The molecule has 85 valence electrons. The quantitative estimate of drug-likeness (QED) is 0.577. The summed E-state index contributed by atoms with van der Waals surface area (Å²) in [5.41, 5.74) is 0. The first kappa shape index (κ1) is 13.7. The third kappa shape index (κ3) is 11.7. The normalized spacial score (nSPS) is 12.0. The van der Waals surface area contributed by atoms with Gasteiger partial charge in [0.25, 0.3) is 0 Å². The molecule has 0 aliphatic rings. The van der Waals surface area contributed by atoms with Gasteiger partial charge in [0.05, 0.1) is 26.4 Å². The molecule has 3 nitrogen and oxygen atoms in total. The van der Waals surface area contributed by atoms with Gasteiger partial charge in [0, 0.05) is 6.61 Å². The zero-order chi connectivity index (χ0) is 10.9. The SMILES string of the molecule is CCOCCOCCO[CH]C(F)(F)F. The van der Waals surface area contributed by atoms with Crippen LogP contribution in [0.15, 0.2) is 0 Å². The Labute approximate surface area is 81.1 Å². The summed E-state index contributed by atoms with van der Waals surface area (Å²) in [6.07, 6.45) is -4.38. The average molecular weight is 215 g/mol. The molecular formula is C8H14F3O3. The van der Waals surface area contributed by atoms with E-state index in [1.807, 2.05) is 6.92 Å². The van der Waals surface area contributed by atoms with Crippen LogP contribution in [0.2, 0.25) is 0 Å². The molecule has 0 saturated carbocycles. The van der Waals surface area contributed by atoms with Crippen LogP contribution in [0.3, 0.4) is 0 Å². The monoisotopic (exact) mass is 215 g/mol. The van der Waals surface area contributed by atoms with Crippen molar-refractivity contribution in [1.82, 2.24) is 0 Å². The number of halogens is 3. The number of alkyl halides is 3. The van der Waals surface area contributed by atoms with Crippen LogP contribution < -0.4 is 0 Å². The minimum Gasteiger partial charge on any atom is -0.379 e. The fraction of sp³-hybridized carbons (Fsp3) is 0.875. The molecule has 0 aromatic rings. The summed E-state index contributed by atoms with van der Waals surface area (Å²) in [6.45, 7) is 3.12. The van der Waals surface area contributed by atoms with E-state index in [2.05, 4.69) is 4.74 Å². The Bertz CT molecular complexity index is 127. The first-order chi connectivity index (χ1) is 6.56. The molecule has 0 bridgehead atoms. The fourth-order valence-electron chi connectivity index (χ4n) is 0.625. The Kier molecular flexibility index (Phi) is 7.83. The molecule has 0 unspecified atom stereocenters. The Balaban J connectivity index is 2.99. The Morgan fingerprint density at radius 1 is 1.00 bits per heavy atom. The number of hydrogen-bond acceptors (Lipinski definition) is 3. The summed E-state index contributed by atoms with van der Waals surface area (Å²) in [7, 11) is 0. The smallest absolute Gasteiger partial charge is 0.379 e. The van der Waals surface area contributed by atoms with Crippen LogP contribution in [-0.2, 0) is 14.2 Å². The van der Waals surface area contributed by atoms with Crippen molar-refractivity contribution in [2.75, 3.05) is 33.0 Å². The van der Waals surface area contributed by atoms with E-state index in [1.54, 1.807) is 0 Å². The molecule has 0 fully saturated rings. The van der Waals surface area contributed by atoms with Crippen molar-refractivity contribution in [1.29, 1.82) is 0 Å². The van der Waals surface area contributed by atoms with Crippen molar-refractivity contribution in [3.8, 4) is 0 Å². The minimum atomic E-state index is -4.38. The molecule has 0 amide bonds. The Morgan fingerprint density at radius 3 is 2.14 bits per heavy atom. The van der Waals surface area contributed by atoms with E-state index in [9.17, 15) is 13.2 Å². The summed E-state index contributed by atoms with van der Waals surface area (Å²) in [4.78, 5) is 0. The number of rotatable bonds is 8.